The molecule has 2 N–H and O–H groups in total. The summed E-state index contributed by atoms with van der Waals surface area (Å²) in [7, 11) is 1.61. The Bertz CT molecular complexity index is 697. The van der Waals surface area contributed by atoms with Gasteiger partial charge in [0.15, 0.2) is 0 Å². The number of hydrogen-bond donors (Lipinski definition) is 2. The quantitative estimate of drug-likeness (QED) is 0.749. The fourth-order valence-corrected chi connectivity index (χ4v) is 3.20. The Morgan fingerprint density at radius 1 is 1.18 bits per heavy atom. The van der Waals surface area contributed by atoms with Crippen LogP contribution in [0.1, 0.15) is 44.0 Å². The monoisotopic (exact) mass is 389 g/mol. The van der Waals surface area contributed by atoms with Gasteiger partial charge in [0, 0.05) is 49.3 Å². The van der Waals surface area contributed by atoms with E-state index in [-0.39, 0.29) is 35.6 Å². The summed E-state index contributed by atoms with van der Waals surface area (Å²) in [6.45, 7) is 7.11. The highest BCUT2D eigenvalue weighted by atomic mass is 16.5. The van der Waals surface area contributed by atoms with E-state index >= 15 is 0 Å². The number of carbonyl (C=O) groups excluding carboxylic acids is 3. The number of likely N-dealkylation sites (tertiary alicyclic amines) is 1. The molecule has 1 saturated heterocycles. The second-order valence-electron chi connectivity index (χ2n) is 7.66. The van der Waals surface area contributed by atoms with Crippen molar-refractivity contribution in [1.29, 1.82) is 0 Å². The smallest absolute Gasteiger partial charge is 0.253 e. The van der Waals surface area contributed by atoms with E-state index in [0.29, 0.717) is 43.8 Å². The molecule has 0 saturated carbocycles. The number of nitrogens with zero attached hydrogens (tertiary/aromatic N) is 1. The number of ether oxygens (including phenoxy) is 1. The van der Waals surface area contributed by atoms with Crippen LogP contribution in [0.25, 0.3) is 0 Å². The van der Waals surface area contributed by atoms with Gasteiger partial charge in [-0.1, -0.05) is 19.9 Å². The standard InChI is InChI=1S/C21H31N3O4/c1-14(2)19(25)23-18-7-5-6-17(12-18)21(27)24-10-8-16(9-11-24)20(26)22-15(3)13-28-4/h5-7,12,14-16H,8-11,13H2,1-4H3,(H,22,26)(H,23,25). The molecule has 1 unspecified atom stereocenters. The molecule has 1 atom stereocenters. The minimum absolute atomic E-state index is 0.0232. The van der Waals surface area contributed by atoms with Crippen molar-refractivity contribution >= 4 is 23.4 Å². The van der Waals surface area contributed by atoms with E-state index in [0.717, 1.165) is 0 Å². The summed E-state index contributed by atoms with van der Waals surface area (Å²) in [5.74, 6) is -0.349. The van der Waals surface area contributed by atoms with E-state index in [1.54, 1.807) is 36.3 Å². The second-order valence-corrected chi connectivity index (χ2v) is 7.66. The van der Waals surface area contributed by atoms with Crippen LogP contribution in [0.5, 0.6) is 0 Å². The summed E-state index contributed by atoms with van der Waals surface area (Å²) >= 11 is 0. The number of anilines is 1. The summed E-state index contributed by atoms with van der Waals surface area (Å²) in [5.41, 5.74) is 1.16. The third-order valence-corrected chi connectivity index (χ3v) is 4.86. The Morgan fingerprint density at radius 3 is 2.46 bits per heavy atom. The van der Waals surface area contributed by atoms with Crippen LogP contribution in [-0.4, -0.2) is 55.5 Å². The van der Waals surface area contributed by atoms with Crippen molar-refractivity contribution in [2.45, 2.75) is 39.7 Å². The van der Waals surface area contributed by atoms with Gasteiger partial charge in [0.2, 0.25) is 11.8 Å². The third kappa shape index (κ3) is 6.05. The molecule has 0 bridgehead atoms. The normalized spacial score (nSPS) is 16.0. The van der Waals surface area contributed by atoms with E-state index in [1.165, 1.54) is 0 Å². The molecule has 0 spiro atoms. The Labute approximate surface area is 166 Å². The molecule has 28 heavy (non-hydrogen) atoms. The minimum Gasteiger partial charge on any atom is -0.383 e. The number of nitrogens with one attached hydrogen (secondary N) is 2. The first kappa shape index (κ1) is 21.9. The average molecular weight is 389 g/mol. The van der Waals surface area contributed by atoms with E-state index in [1.807, 2.05) is 20.8 Å². The summed E-state index contributed by atoms with van der Waals surface area (Å²) < 4.78 is 5.04. The lowest BCUT2D eigenvalue weighted by molar-refractivity contribution is -0.127. The Kier molecular flexibility index (Phi) is 7.99. The topological polar surface area (TPSA) is 87.7 Å². The molecule has 2 rings (SSSR count). The molecule has 1 aliphatic rings. The van der Waals surface area contributed by atoms with Gasteiger partial charge >= 0.3 is 0 Å². The van der Waals surface area contributed by atoms with Crippen molar-refractivity contribution in [3.8, 4) is 0 Å². The number of amides is 3. The molecule has 0 aromatic heterocycles. The zero-order chi connectivity index (χ0) is 20.7. The van der Waals surface area contributed by atoms with E-state index in [4.69, 9.17) is 4.74 Å². The van der Waals surface area contributed by atoms with Gasteiger partial charge in [-0.3, -0.25) is 14.4 Å². The maximum atomic E-state index is 12.8. The Hall–Kier alpha value is -2.41. The molecular weight excluding hydrogens is 358 g/mol. The molecule has 1 aliphatic heterocycles. The summed E-state index contributed by atoms with van der Waals surface area (Å²) in [5, 5.41) is 5.77. The molecular formula is C21H31N3O4. The number of methoxy groups -OCH3 is 1. The van der Waals surface area contributed by atoms with Gasteiger partial charge in [-0.2, -0.15) is 0 Å². The number of carbonyl (C=O) groups is 3. The van der Waals surface area contributed by atoms with E-state index in [9.17, 15) is 14.4 Å². The van der Waals surface area contributed by atoms with Gasteiger partial charge in [0.05, 0.1) is 6.61 Å². The molecule has 154 valence electrons. The average Bonchev–Trinajstić information content (AvgIpc) is 2.67. The molecule has 1 fully saturated rings. The van der Waals surface area contributed by atoms with Crippen LogP contribution in [0.15, 0.2) is 24.3 Å². The molecule has 1 aromatic rings. The first-order valence-electron chi connectivity index (χ1n) is 9.81. The van der Waals surface area contributed by atoms with Gasteiger partial charge in [-0.15, -0.1) is 0 Å². The van der Waals surface area contributed by atoms with Crippen LogP contribution in [-0.2, 0) is 14.3 Å². The molecule has 1 aromatic carbocycles. The highest BCUT2D eigenvalue weighted by Crippen LogP contribution is 2.21. The lowest BCUT2D eigenvalue weighted by Gasteiger charge is -2.32. The van der Waals surface area contributed by atoms with Gasteiger partial charge in [0.1, 0.15) is 0 Å². The summed E-state index contributed by atoms with van der Waals surface area (Å²) in [6, 6.07) is 6.96. The fraction of sp³-hybridized carbons (Fsp3) is 0.571. The van der Waals surface area contributed by atoms with Crippen LogP contribution < -0.4 is 10.6 Å². The van der Waals surface area contributed by atoms with Gasteiger partial charge in [0.25, 0.3) is 5.91 Å². The first-order chi connectivity index (χ1) is 13.3. The van der Waals surface area contributed by atoms with Gasteiger partial charge < -0.3 is 20.3 Å². The minimum atomic E-state index is -0.129. The predicted molar refractivity (Wildman–Crippen MR) is 108 cm³/mol. The largest absolute Gasteiger partial charge is 0.383 e. The fourth-order valence-electron chi connectivity index (χ4n) is 3.20. The highest BCUT2D eigenvalue weighted by Gasteiger charge is 2.28. The van der Waals surface area contributed by atoms with Crippen molar-refractivity contribution in [3.63, 3.8) is 0 Å². The molecule has 0 radical (unpaired) electrons. The van der Waals surface area contributed by atoms with Crippen molar-refractivity contribution in [2.75, 3.05) is 32.1 Å². The lowest BCUT2D eigenvalue weighted by Crippen LogP contribution is -2.45. The molecule has 7 heteroatoms. The second kappa shape index (κ2) is 10.2. The van der Waals surface area contributed by atoms with Crippen LogP contribution >= 0.6 is 0 Å². The Balaban J connectivity index is 1.91. The SMILES string of the molecule is COCC(C)NC(=O)C1CCN(C(=O)c2cccc(NC(=O)C(C)C)c2)CC1. The maximum absolute atomic E-state index is 12.8. The number of piperidine rings is 1. The van der Waals surface area contributed by atoms with Crippen LogP contribution in [0.2, 0.25) is 0 Å². The van der Waals surface area contributed by atoms with Crippen LogP contribution in [0.3, 0.4) is 0 Å². The van der Waals surface area contributed by atoms with Gasteiger partial charge in [-0.25, -0.2) is 0 Å². The summed E-state index contributed by atoms with van der Waals surface area (Å²) in [6.07, 6.45) is 1.28. The lowest BCUT2D eigenvalue weighted by atomic mass is 9.95. The molecule has 1 heterocycles. The van der Waals surface area contributed by atoms with Crippen molar-refractivity contribution in [2.24, 2.45) is 11.8 Å². The van der Waals surface area contributed by atoms with Crippen LogP contribution in [0.4, 0.5) is 5.69 Å². The third-order valence-electron chi connectivity index (χ3n) is 4.86. The number of hydrogen-bond acceptors (Lipinski definition) is 4. The zero-order valence-electron chi connectivity index (χ0n) is 17.2. The maximum Gasteiger partial charge on any atom is 0.253 e. The van der Waals surface area contributed by atoms with Crippen LogP contribution in [0, 0.1) is 11.8 Å². The first-order valence-corrected chi connectivity index (χ1v) is 9.81. The highest BCUT2D eigenvalue weighted by molar-refractivity contribution is 5.97. The number of benzene rings is 1. The summed E-state index contributed by atoms with van der Waals surface area (Å²) in [4.78, 5) is 38.8. The van der Waals surface area contributed by atoms with E-state index in [2.05, 4.69) is 10.6 Å². The molecule has 3 amide bonds. The van der Waals surface area contributed by atoms with Gasteiger partial charge in [-0.05, 0) is 38.0 Å². The number of rotatable bonds is 7. The van der Waals surface area contributed by atoms with Crippen molar-refractivity contribution in [3.05, 3.63) is 29.8 Å². The molecule has 0 aliphatic carbocycles. The van der Waals surface area contributed by atoms with E-state index < -0.39 is 0 Å². The molecule has 7 nitrogen and oxygen atoms in total. The zero-order valence-corrected chi connectivity index (χ0v) is 17.2. The van der Waals surface area contributed by atoms with Crippen molar-refractivity contribution < 1.29 is 19.1 Å². The Morgan fingerprint density at radius 2 is 1.86 bits per heavy atom. The van der Waals surface area contributed by atoms with Crippen molar-refractivity contribution in [1.82, 2.24) is 10.2 Å². The predicted octanol–water partition coefficient (Wildman–Crippen LogP) is 2.28.